The molecule has 2 aromatic rings. The van der Waals surface area contributed by atoms with Crippen LogP contribution in [-0.4, -0.2) is 0 Å². The molecule has 2 aromatic carbocycles. The molecule has 19 heavy (non-hydrogen) atoms. The highest BCUT2D eigenvalue weighted by Crippen LogP contribution is 2.42. The highest BCUT2D eigenvalue weighted by Gasteiger charge is 2.39. The number of hydrogen-bond acceptors (Lipinski definition) is 3. The van der Waals surface area contributed by atoms with Gasteiger partial charge in [0.2, 0.25) is 4.91 Å². The van der Waals surface area contributed by atoms with Gasteiger partial charge in [0.15, 0.2) is 12.1 Å². The summed E-state index contributed by atoms with van der Waals surface area (Å²) in [7, 11) is 0. The van der Waals surface area contributed by atoms with Crippen LogP contribution in [0.1, 0.15) is 28.8 Å². The summed E-state index contributed by atoms with van der Waals surface area (Å²) in [6, 6.07) is 16.7. The van der Waals surface area contributed by atoms with Gasteiger partial charge in [0.1, 0.15) is 10.2 Å². The summed E-state index contributed by atoms with van der Waals surface area (Å²) in [5, 5.41) is 12.1. The van der Waals surface area contributed by atoms with E-state index in [-0.39, 0.29) is 12.1 Å². The molecule has 2 aliphatic heterocycles. The van der Waals surface area contributed by atoms with Gasteiger partial charge in [-0.15, -0.1) is 0 Å². The molecule has 0 aliphatic carbocycles. The summed E-state index contributed by atoms with van der Waals surface area (Å²) in [6.45, 7) is 0.811. The maximum absolute atomic E-state index is 4.33. The van der Waals surface area contributed by atoms with Gasteiger partial charge in [-0.05, 0) is 17.2 Å². The molecule has 2 unspecified atom stereocenters. The van der Waals surface area contributed by atoms with Crippen LogP contribution in [0.25, 0.3) is 0 Å². The Hall–Kier alpha value is -2.45. The first-order valence-corrected chi connectivity index (χ1v) is 6.44. The van der Waals surface area contributed by atoms with Crippen LogP contribution in [0.5, 0.6) is 0 Å². The Morgan fingerprint density at radius 2 is 1.58 bits per heavy atom. The van der Waals surface area contributed by atoms with E-state index in [1.165, 1.54) is 16.7 Å². The number of fused-ring (bicyclic) bond motifs is 5. The summed E-state index contributed by atoms with van der Waals surface area (Å²) in [5.74, 6) is 0. The maximum atomic E-state index is 4.33. The monoisotopic (exact) mass is 249 g/mol. The first kappa shape index (κ1) is 10.5. The molecule has 0 saturated heterocycles. The third-order valence-corrected chi connectivity index (χ3v) is 3.77. The third-order valence-electron chi connectivity index (χ3n) is 3.77. The minimum absolute atomic E-state index is 0.00912. The maximum Gasteiger partial charge on any atom is 0.218 e. The Morgan fingerprint density at radius 1 is 0.895 bits per heavy atom. The molecule has 0 radical (unpaired) electrons. The summed E-state index contributed by atoms with van der Waals surface area (Å²) >= 11 is 0. The molecule has 2 heterocycles. The zero-order valence-corrected chi connectivity index (χ0v) is 10.3. The van der Waals surface area contributed by atoms with Crippen LogP contribution in [0.2, 0.25) is 0 Å². The van der Waals surface area contributed by atoms with Crippen LogP contribution in [0.15, 0.2) is 58.8 Å². The van der Waals surface area contributed by atoms with Crippen LogP contribution in [0.3, 0.4) is 0 Å². The predicted molar refractivity (Wildman–Crippen MR) is 72.7 cm³/mol. The smallest absolute Gasteiger partial charge is 0.218 e. The highest BCUT2D eigenvalue weighted by molar-refractivity contribution is 5.56. The Kier molecular flexibility index (Phi) is 2.23. The molecule has 92 valence electrons. The fraction of sp³-hybridized carbons (Fsp3) is 0.200. The van der Waals surface area contributed by atoms with Crippen molar-refractivity contribution in [2.24, 2.45) is 10.2 Å². The third kappa shape index (κ3) is 1.58. The topological polar surface area (TPSA) is 50.9 Å². The zero-order valence-electron chi connectivity index (χ0n) is 10.3. The van der Waals surface area contributed by atoms with Gasteiger partial charge in [-0.1, -0.05) is 42.5 Å². The quantitative estimate of drug-likeness (QED) is 0.715. The molecule has 1 N–H and O–H groups in total. The van der Waals surface area contributed by atoms with E-state index in [0.717, 1.165) is 12.2 Å². The lowest BCUT2D eigenvalue weighted by Crippen LogP contribution is -2.15. The number of rotatable bonds is 0. The highest BCUT2D eigenvalue weighted by atomic mass is 15.3. The van der Waals surface area contributed by atoms with Crippen LogP contribution < -0.4 is 10.2 Å². The lowest BCUT2D eigenvalue weighted by atomic mass is 9.89. The average molecular weight is 249 g/mol. The van der Waals surface area contributed by atoms with Crippen molar-refractivity contribution in [1.29, 1.82) is 0 Å². The number of hydrogen-bond donors (Lipinski definition) is 1. The molecule has 4 rings (SSSR count). The molecular weight excluding hydrogens is 236 g/mol. The minimum atomic E-state index is -0.00912. The minimum Gasteiger partial charge on any atom is -0.381 e. The lowest BCUT2D eigenvalue weighted by Gasteiger charge is -2.21. The first-order chi connectivity index (χ1) is 9.43. The van der Waals surface area contributed by atoms with Crippen molar-refractivity contribution in [1.82, 2.24) is 4.91 Å². The largest absolute Gasteiger partial charge is 0.381 e. The Bertz CT molecular complexity index is 643. The van der Waals surface area contributed by atoms with Crippen molar-refractivity contribution >= 4 is 5.69 Å². The van der Waals surface area contributed by atoms with E-state index in [9.17, 15) is 0 Å². The lowest BCUT2D eigenvalue weighted by molar-refractivity contribution is 0.601. The molecule has 4 heteroatoms. The van der Waals surface area contributed by atoms with Crippen molar-refractivity contribution in [2.75, 3.05) is 5.32 Å². The van der Waals surface area contributed by atoms with E-state index in [0.29, 0.717) is 0 Å². The van der Waals surface area contributed by atoms with Gasteiger partial charge in [0.25, 0.3) is 0 Å². The Morgan fingerprint density at radius 3 is 2.47 bits per heavy atom. The van der Waals surface area contributed by atoms with Crippen LogP contribution in [0.4, 0.5) is 5.69 Å². The SMILES string of the molecule is c1ccc2c(c1)CNc1ccccc1C1N=[N+]=NC21. The standard InChI is InChI=1S/C15H13N4/c1-2-6-11-10(5-1)9-16-13-8-4-3-7-12(13)15-14(11)17-19-18-15/h1-8,14-16H,9H2/q+1. The van der Waals surface area contributed by atoms with E-state index in [2.05, 4.69) is 56.9 Å². The van der Waals surface area contributed by atoms with Gasteiger partial charge >= 0.3 is 0 Å². The number of para-hydroxylation sites is 1. The second kappa shape index (κ2) is 4.04. The number of benzene rings is 2. The Labute approximate surface area is 110 Å². The van der Waals surface area contributed by atoms with E-state index < -0.39 is 0 Å². The van der Waals surface area contributed by atoms with Crippen molar-refractivity contribution in [3.8, 4) is 0 Å². The second-order valence-electron chi connectivity index (χ2n) is 4.85. The molecule has 0 saturated carbocycles. The van der Waals surface area contributed by atoms with Gasteiger partial charge in [0.05, 0.1) is 0 Å². The van der Waals surface area contributed by atoms with E-state index in [4.69, 9.17) is 0 Å². The normalized spacial score (nSPS) is 22.7. The fourth-order valence-corrected chi connectivity index (χ4v) is 2.82. The molecule has 0 spiro atoms. The molecule has 4 nitrogen and oxygen atoms in total. The molecule has 0 bridgehead atoms. The van der Waals surface area contributed by atoms with Crippen molar-refractivity contribution < 1.29 is 0 Å². The van der Waals surface area contributed by atoms with Crippen molar-refractivity contribution in [3.05, 3.63) is 65.2 Å². The summed E-state index contributed by atoms with van der Waals surface area (Å²) < 4.78 is 0. The summed E-state index contributed by atoms with van der Waals surface area (Å²) in [4.78, 5) is 3.93. The first-order valence-electron chi connectivity index (χ1n) is 6.44. The number of nitrogens with one attached hydrogen (secondary N) is 1. The van der Waals surface area contributed by atoms with Gasteiger partial charge in [0, 0.05) is 17.8 Å². The predicted octanol–water partition coefficient (Wildman–Crippen LogP) is 3.38. The van der Waals surface area contributed by atoms with Crippen molar-refractivity contribution in [3.63, 3.8) is 0 Å². The Balaban J connectivity index is 1.91. The molecule has 2 aliphatic rings. The van der Waals surface area contributed by atoms with Crippen LogP contribution in [-0.2, 0) is 6.54 Å². The van der Waals surface area contributed by atoms with E-state index in [1.807, 2.05) is 12.1 Å². The second-order valence-corrected chi connectivity index (χ2v) is 4.85. The van der Waals surface area contributed by atoms with Gasteiger partial charge in [-0.3, -0.25) is 0 Å². The van der Waals surface area contributed by atoms with Crippen LogP contribution >= 0.6 is 0 Å². The van der Waals surface area contributed by atoms with Gasteiger partial charge < -0.3 is 5.32 Å². The van der Waals surface area contributed by atoms with Crippen molar-refractivity contribution in [2.45, 2.75) is 18.6 Å². The molecule has 0 amide bonds. The molecule has 0 fully saturated rings. The number of nitrogens with zero attached hydrogens (tertiary/aromatic N) is 3. The summed E-state index contributed by atoms with van der Waals surface area (Å²) in [5.41, 5.74) is 4.79. The molecule has 0 aromatic heterocycles. The summed E-state index contributed by atoms with van der Waals surface area (Å²) in [6.07, 6.45) is 0. The molecule has 2 atom stereocenters. The molecular formula is C15H13N4+. The fourth-order valence-electron chi connectivity index (χ4n) is 2.82. The van der Waals surface area contributed by atoms with E-state index in [1.54, 1.807) is 0 Å². The van der Waals surface area contributed by atoms with Crippen LogP contribution in [0, 0.1) is 0 Å². The number of anilines is 1. The van der Waals surface area contributed by atoms with E-state index >= 15 is 0 Å². The van der Waals surface area contributed by atoms with Gasteiger partial charge in [-0.25, -0.2) is 0 Å². The van der Waals surface area contributed by atoms with Gasteiger partial charge in [-0.2, -0.15) is 0 Å². The zero-order chi connectivity index (χ0) is 12.7. The average Bonchev–Trinajstić information content (AvgIpc) is 2.92.